The molecule has 110 valence electrons. The highest BCUT2D eigenvalue weighted by atomic mass is 16.4. The summed E-state index contributed by atoms with van der Waals surface area (Å²) in [4.78, 5) is 23.5. The van der Waals surface area contributed by atoms with Crippen LogP contribution in [0.25, 0.3) is 0 Å². The Morgan fingerprint density at radius 2 is 1.90 bits per heavy atom. The van der Waals surface area contributed by atoms with Gasteiger partial charge < -0.3 is 15.7 Å². The van der Waals surface area contributed by atoms with Crippen LogP contribution < -0.4 is 10.6 Å². The standard InChI is InChI=1S/C15H22N2O3/c1-4-16-11(2)10-13(18)17-15(3,14(19)20)12-8-6-5-7-9-12/h5-9,11,16H,4,10H2,1-3H3,(H,17,18)(H,19,20). The number of hydrogen-bond donors (Lipinski definition) is 3. The molecule has 0 aliphatic rings. The lowest BCUT2D eigenvalue weighted by atomic mass is 9.91. The molecule has 1 amide bonds. The Labute approximate surface area is 119 Å². The number of carboxylic acid groups (broad SMARTS) is 1. The van der Waals surface area contributed by atoms with Crippen molar-refractivity contribution in [2.45, 2.75) is 38.8 Å². The predicted octanol–water partition coefficient (Wildman–Crippen LogP) is 1.49. The van der Waals surface area contributed by atoms with Crippen LogP contribution in [0.3, 0.4) is 0 Å². The normalized spacial score (nSPS) is 15.2. The molecule has 20 heavy (non-hydrogen) atoms. The van der Waals surface area contributed by atoms with Gasteiger partial charge in [0.25, 0.3) is 0 Å². The van der Waals surface area contributed by atoms with Crippen LogP contribution in [0.1, 0.15) is 32.8 Å². The summed E-state index contributed by atoms with van der Waals surface area (Å²) >= 11 is 0. The van der Waals surface area contributed by atoms with E-state index >= 15 is 0 Å². The molecular formula is C15H22N2O3. The number of benzene rings is 1. The molecule has 0 heterocycles. The maximum Gasteiger partial charge on any atom is 0.333 e. The number of hydrogen-bond acceptors (Lipinski definition) is 3. The summed E-state index contributed by atoms with van der Waals surface area (Å²) in [6, 6.07) is 8.72. The molecule has 0 aliphatic carbocycles. The highest BCUT2D eigenvalue weighted by Crippen LogP contribution is 2.21. The van der Waals surface area contributed by atoms with E-state index in [1.807, 2.05) is 13.8 Å². The minimum atomic E-state index is -1.41. The van der Waals surface area contributed by atoms with Gasteiger partial charge >= 0.3 is 5.97 Å². The van der Waals surface area contributed by atoms with Crippen LogP contribution >= 0.6 is 0 Å². The average Bonchev–Trinajstić information content (AvgIpc) is 2.39. The van der Waals surface area contributed by atoms with Crippen molar-refractivity contribution >= 4 is 11.9 Å². The monoisotopic (exact) mass is 278 g/mol. The third-order valence-corrected chi connectivity index (χ3v) is 3.21. The first-order valence-electron chi connectivity index (χ1n) is 6.73. The maximum atomic E-state index is 12.0. The van der Waals surface area contributed by atoms with Crippen molar-refractivity contribution in [3.8, 4) is 0 Å². The number of rotatable bonds is 7. The second-order valence-electron chi connectivity index (χ2n) is 5.01. The van der Waals surface area contributed by atoms with Gasteiger partial charge in [-0.1, -0.05) is 37.3 Å². The lowest BCUT2D eigenvalue weighted by Gasteiger charge is -2.27. The van der Waals surface area contributed by atoms with Crippen LogP contribution in [0.15, 0.2) is 30.3 Å². The van der Waals surface area contributed by atoms with Gasteiger partial charge in [-0.15, -0.1) is 0 Å². The first-order valence-corrected chi connectivity index (χ1v) is 6.73. The molecule has 1 aromatic carbocycles. The van der Waals surface area contributed by atoms with Crippen LogP contribution in [0.2, 0.25) is 0 Å². The summed E-state index contributed by atoms with van der Waals surface area (Å²) in [6.07, 6.45) is 0.240. The van der Waals surface area contributed by atoms with Gasteiger partial charge in [0, 0.05) is 12.5 Å². The topological polar surface area (TPSA) is 78.4 Å². The maximum absolute atomic E-state index is 12.0. The molecule has 0 fully saturated rings. The summed E-state index contributed by atoms with van der Waals surface area (Å²) in [5, 5.41) is 15.2. The van der Waals surface area contributed by atoms with Crippen molar-refractivity contribution in [2.24, 2.45) is 0 Å². The molecule has 0 aliphatic heterocycles. The Balaban J connectivity index is 2.83. The molecular weight excluding hydrogens is 256 g/mol. The van der Waals surface area contributed by atoms with Crippen LogP contribution in [0, 0.1) is 0 Å². The Bertz CT molecular complexity index is 461. The molecule has 0 aromatic heterocycles. The molecule has 1 aromatic rings. The number of amides is 1. The van der Waals surface area contributed by atoms with Crippen molar-refractivity contribution in [1.82, 2.24) is 10.6 Å². The fraction of sp³-hybridized carbons (Fsp3) is 0.467. The van der Waals surface area contributed by atoms with Crippen LogP contribution in [-0.4, -0.2) is 29.6 Å². The second-order valence-corrected chi connectivity index (χ2v) is 5.01. The first-order chi connectivity index (χ1) is 9.40. The largest absolute Gasteiger partial charge is 0.479 e. The highest BCUT2D eigenvalue weighted by molar-refractivity contribution is 5.88. The lowest BCUT2D eigenvalue weighted by molar-refractivity contribution is -0.147. The van der Waals surface area contributed by atoms with Gasteiger partial charge in [-0.2, -0.15) is 0 Å². The van der Waals surface area contributed by atoms with Crippen LogP contribution in [0.4, 0.5) is 0 Å². The fourth-order valence-corrected chi connectivity index (χ4v) is 2.05. The third-order valence-electron chi connectivity index (χ3n) is 3.21. The van der Waals surface area contributed by atoms with Gasteiger partial charge in [0.2, 0.25) is 5.91 Å². The van der Waals surface area contributed by atoms with E-state index in [1.54, 1.807) is 30.3 Å². The quantitative estimate of drug-likeness (QED) is 0.706. The Hall–Kier alpha value is -1.88. The minimum absolute atomic E-state index is 0.00817. The molecule has 2 unspecified atom stereocenters. The molecule has 0 bridgehead atoms. The fourth-order valence-electron chi connectivity index (χ4n) is 2.05. The summed E-state index contributed by atoms with van der Waals surface area (Å²) in [5.41, 5.74) is -0.860. The molecule has 5 nitrogen and oxygen atoms in total. The van der Waals surface area contributed by atoms with E-state index in [0.717, 1.165) is 6.54 Å². The number of aliphatic carboxylic acids is 1. The van der Waals surface area contributed by atoms with E-state index in [-0.39, 0.29) is 18.4 Å². The zero-order valence-electron chi connectivity index (χ0n) is 12.1. The van der Waals surface area contributed by atoms with Crippen LogP contribution in [-0.2, 0) is 15.1 Å². The van der Waals surface area contributed by atoms with Crippen LogP contribution in [0.5, 0.6) is 0 Å². The summed E-state index contributed by atoms with van der Waals surface area (Å²) < 4.78 is 0. The van der Waals surface area contributed by atoms with Gasteiger partial charge in [-0.3, -0.25) is 4.79 Å². The SMILES string of the molecule is CCNC(C)CC(=O)NC(C)(C(=O)O)c1ccccc1. The van der Waals surface area contributed by atoms with Crippen molar-refractivity contribution in [1.29, 1.82) is 0 Å². The average molecular weight is 278 g/mol. The van der Waals surface area contributed by atoms with E-state index in [1.165, 1.54) is 6.92 Å². The van der Waals surface area contributed by atoms with Gasteiger partial charge in [-0.05, 0) is 26.0 Å². The number of carbonyl (C=O) groups excluding carboxylic acids is 1. The Morgan fingerprint density at radius 3 is 2.40 bits per heavy atom. The van der Waals surface area contributed by atoms with E-state index in [0.29, 0.717) is 5.56 Å². The van der Waals surface area contributed by atoms with E-state index in [9.17, 15) is 14.7 Å². The molecule has 0 saturated heterocycles. The molecule has 2 atom stereocenters. The summed E-state index contributed by atoms with van der Waals surface area (Å²) in [7, 11) is 0. The Morgan fingerprint density at radius 1 is 1.30 bits per heavy atom. The zero-order chi connectivity index (χ0) is 15.2. The van der Waals surface area contributed by atoms with Crippen molar-refractivity contribution < 1.29 is 14.7 Å². The molecule has 1 rings (SSSR count). The van der Waals surface area contributed by atoms with Crippen molar-refractivity contribution in [3.63, 3.8) is 0 Å². The number of carbonyl (C=O) groups is 2. The smallest absolute Gasteiger partial charge is 0.333 e. The van der Waals surface area contributed by atoms with Gasteiger partial charge in [0.15, 0.2) is 5.54 Å². The predicted molar refractivity (Wildman–Crippen MR) is 77.3 cm³/mol. The number of carboxylic acids is 1. The third kappa shape index (κ3) is 4.06. The molecule has 0 spiro atoms. The molecule has 0 radical (unpaired) electrons. The van der Waals surface area contributed by atoms with Crippen molar-refractivity contribution in [2.75, 3.05) is 6.54 Å². The van der Waals surface area contributed by atoms with Crippen molar-refractivity contribution in [3.05, 3.63) is 35.9 Å². The van der Waals surface area contributed by atoms with Gasteiger partial charge in [0.05, 0.1) is 0 Å². The van der Waals surface area contributed by atoms with E-state index < -0.39 is 11.5 Å². The first kappa shape index (κ1) is 16.2. The van der Waals surface area contributed by atoms with Gasteiger partial charge in [0.1, 0.15) is 0 Å². The van der Waals surface area contributed by atoms with E-state index in [2.05, 4.69) is 10.6 Å². The molecule has 0 saturated carbocycles. The second kappa shape index (κ2) is 7.05. The Kier molecular flexibility index (Phi) is 5.70. The summed E-state index contributed by atoms with van der Waals surface area (Å²) in [5.74, 6) is -1.36. The van der Waals surface area contributed by atoms with E-state index in [4.69, 9.17) is 0 Å². The summed E-state index contributed by atoms with van der Waals surface area (Å²) in [6.45, 7) is 6.12. The lowest BCUT2D eigenvalue weighted by Crippen LogP contribution is -2.50. The number of nitrogens with one attached hydrogen (secondary N) is 2. The molecule has 5 heteroatoms. The zero-order valence-corrected chi connectivity index (χ0v) is 12.1. The molecule has 3 N–H and O–H groups in total. The minimum Gasteiger partial charge on any atom is -0.479 e. The highest BCUT2D eigenvalue weighted by Gasteiger charge is 2.36. The van der Waals surface area contributed by atoms with Gasteiger partial charge in [-0.25, -0.2) is 4.79 Å².